The van der Waals surface area contributed by atoms with Gasteiger partial charge in [0.15, 0.2) is 0 Å². The van der Waals surface area contributed by atoms with Crippen LogP contribution in [-0.2, 0) is 0 Å². The standard InChI is InChI=1S/C13H18F2N2/c1-2-17-8-4-7-11(16)13(17)12-9(14)5-3-6-10(12)15/h3,5-6,11,13H,2,4,7-8,16H2,1H3. The summed E-state index contributed by atoms with van der Waals surface area (Å²) in [6.45, 7) is 3.60. The van der Waals surface area contributed by atoms with Crippen LogP contribution in [0.2, 0.25) is 0 Å². The summed E-state index contributed by atoms with van der Waals surface area (Å²) in [6.07, 6.45) is 1.80. The van der Waals surface area contributed by atoms with Crippen molar-refractivity contribution >= 4 is 0 Å². The first kappa shape index (κ1) is 12.5. The molecule has 0 spiro atoms. The summed E-state index contributed by atoms with van der Waals surface area (Å²) in [7, 11) is 0. The van der Waals surface area contributed by atoms with E-state index in [1.165, 1.54) is 18.2 Å². The molecule has 0 aromatic heterocycles. The van der Waals surface area contributed by atoms with Crippen molar-refractivity contribution in [2.45, 2.75) is 31.8 Å². The molecule has 1 aliphatic heterocycles. The van der Waals surface area contributed by atoms with Crippen LogP contribution in [0.5, 0.6) is 0 Å². The summed E-state index contributed by atoms with van der Waals surface area (Å²) in [5.74, 6) is -0.989. The lowest BCUT2D eigenvalue weighted by atomic mass is 9.90. The van der Waals surface area contributed by atoms with Gasteiger partial charge in [-0.15, -0.1) is 0 Å². The average Bonchev–Trinajstić information content (AvgIpc) is 2.30. The van der Waals surface area contributed by atoms with E-state index in [1.807, 2.05) is 6.92 Å². The molecule has 2 N–H and O–H groups in total. The van der Waals surface area contributed by atoms with Crippen molar-refractivity contribution in [2.24, 2.45) is 5.73 Å². The van der Waals surface area contributed by atoms with Crippen LogP contribution < -0.4 is 5.73 Å². The van der Waals surface area contributed by atoms with Gasteiger partial charge in [0.25, 0.3) is 0 Å². The van der Waals surface area contributed by atoms with Crippen LogP contribution in [-0.4, -0.2) is 24.0 Å². The monoisotopic (exact) mass is 240 g/mol. The number of hydrogen-bond donors (Lipinski definition) is 1. The van der Waals surface area contributed by atoms with E-state index >= 15 is 0 Å². The van der Waals surface area contributed by atoms with E-state index < -0.39 is 11.6 Å². The minimum Gasteiger partial charge on any atom is -0.326 e. The van der Waals surface area contributed by atoms with Gasteiger partial charge in [-0.1, -0.05) is 13.0 Å². The molecule has 1 aliphatic rings. The zero-order chi connectivity index (χ0) is 12.4. The van der Waals surface area contributed by atoms with Crippen molar-refractivity contribution < 1.29 is 8.78 Å². The first-order chi connectivity index (χ1) is 8.15. The number of nitrogens with two attached hydrogens (primary N) is 1. The topological polar surface area (TPSA) is 29.3 Å². The predicted octanol–water partition coefficient (Wildman–Crippen LogP) is 2.45. The maximum absolute atomic E-state index is 13.8. The molecule has 1 heterocycles. The van der Waals surface area contributed by atoms with Crippen LogP contribution >= 0.6 is 0 Å². The molecule has 17 heavy (non-hydrogen) atoms. The van der Waals surface area contributed by atoms with Crippen LogP contribution in [0.4, 0.5) is 8.78 Å². The van der Waals surface area contributed by atoms with Gasteiger partial charge in [-0.25, -0.2) is 8.78 Å². The molecule has 1 fully saturated rings. The van der Waals surface area contributed by atoms with Crippen molar-refractivity contribution in [1.29, 1.82) is 0 Å². The Balaban J connectivity index is 2.41. The van der Waals surface area contributed by atoms with Gasteiger partial charge >= 0.3 is 0 Å². The molecular weight excluding hydrogens is 222 g/mol. The minimum absolute atomic E-state index is 0.126. The number of halogens is 2. The zero-order valence-corrected chi connectivity index (χ0v) is 10.00. The quantitative estimate of drug-likeness (QED) is 0.860. The highest BCUT2D eigenvalue weighted by Gasteiger charge is 2.33. The Labute approximate surface area is 100 Å². The third kappa shape index (κ3) is 2.33. The summed E-state index contributed by atoms with van der Waals surface area (Å²) in [4.78, 5) is 2.05. The maximum atomic E-state index is 13.8. The molecule has 2 rings (SSSR count). The molecule has 2 unspecified atom stereocenters. The van der Waals surface area contributed by atoms with Gasteiger partial charge < -0.3 is 5.73 Å². The molecule has 2 atom stereocenters. The van der Waals surface area contributed by atoms with Crippen LogP contribution in [0.25, 0.3) is 0 Å². The van der Waals surface area contributed by atoms with Gasteiger partial charge in [0.1, 0.15) is 11.6 Å². The van der Waals surface area contributed by atoms with Crippen molar-refractivity contribution in [3.8, 4) is 0 Å². The van der Waals surface area contributed by atoms with Gasteiger partial charge in [-0.3, -0.25) is 4.90 Å². The number of benzene rings is 1. The van der Waals surface area contributed by atoms with E-state index in [0.29, 0.717) is 0 Å². The second-order valence-electron chi connectivity index (χ2n) is 4.51. The van der Waals surface area contributed by atoms with Crippen molar-refractivity contribution in [3.05, 3.63) is 35.4 Å². The Morgan fingerprint density at radius 2 is 2.00 bits per heavy atom. The first-order valence-corrected chi connectivity index (χ1v) is 6.08. The van der Waals surface area contributed by atoms with Gasteiger partial charge in [0.05, 0.1) is 6.04 Å². The molecule has 4 heteroatoms. The molecule has 0 saturated carbocycles. The lowest BCUT2D eigenvalue weighted by Crippen LogP contribution is -2.46. The molecule has 0 aliphatic carbocycles. The fourth-order valence-corrected chi connectivity index (χ4v) is 2.64. The lowest BCUT2D eigenvalue weighted by Gasteiger charge is -2.39. The predicted molar refractivity (Wildman–Crippen MR) is 63.6 cm³/mol. The third-order valence-electron chi connectivity index (χ3n) is 3.48. The number of nitrogens with zero attached hydrogens (tertiary/aromatic N) is 1. The van der Waals surface area contributed by atoms with E-state index in [4.69, 9.17) is 5.73 Å². The number of likely N-dealkylation sites (N-methyl/N-ethyl adjacent to an activating group) is 1. The van der Waals surface area contributed by atoms with Crippen LogP contribution in [0.3, 0.4) is 0 Å². The highest BCUT2D eigenvalue weighted by molar-refractivity contribution is 5.25. The first-order valence-electron chi connectivity index (χ1n) is 6.08. The summed E-state index contributed by atoms with van der Waals surface area (Å²) >= 11 is 0. The average molecular weight is 240 g/mol. The van der Waals surface area contributed by atoms with E-state index in [-0.39, 0.29) is 17.6 Å². The Morgan fingerprint density at radius 1 is 1.35 bits per heavy atom. The largest absolute Gasteiger partial charge is 0.326 e. The molecule has 0 amide bonds. The fraction of sp³-hybridized carbons (Fsp3) is 0.538. The maximum Gasteiger partial charge on any atom is 0.130 e. The number of hydrogen-bond acceptors (Lipinski definition) is 2. The summed E-state index contributed by atoms with van der Waals surface area (Å²) < 4.78 is 27.6. The normalized spacial score (nSPS) is 26.1. The SMILES string of the molecule is CCN1CCCC(N)C1c1c(F)cccc1F. The van der Waals surface area contributed by atoms with Crippen LogP contribution in [0.15, 0.2) is 18.2 Å². The van der Waals surface area contributed by atoms with Gasteiger partial charge in [-0.2, -0.15) is 0 Å². The Bertz CT molecular complexity index is 375. The van der Waals surface area contributed by atoms with E-state index in [9.17, 15) is 8.78 Å². The lowest BCUT2D eigenvalue weighted by molar-refractivity contribution is 0.129. The van der Waals surface area contributed by atoms with Crippen molar-refractivity contribution in [2.75, 3.05) is 13.1 Å². The van der Waals surface area contributed by atoms with Crippen LogP contribution in [0.1, 0.15) is 31.4 Å². The van der Waals surface area contributed by atoms with Gasteiger partial charge in [-0.05, 0) is 38.1 Å². The highest BCUT2D eigenvalue weighted by atomic mass is 19.1. The summed E-state index contributed by atoms with van der Waals surface area (Å²) in [5.41, 5.74) is 6.17. The van der Waals surface area contributed by atoms with Crippen molar-refractivity contribution in [1.82, 2.24) is 4.90 Å². The van der Waals surface area contributed by atoms with Gasteiger partial charge in [0, 0.05) is 11.6 Å². The Morgan fingerprint density at radius 3 is 2.59 bits per heavy atom. The highest BCUT2D eigenvalue weighted by Crippen LogP contribution is 2.32. The molecule has 0 radical (unpaired) electrons. The second-order valence-corrected chi connectivity index (χ2v) is 4.51. The van der Waals surface area contributed by atoms with Crippen molar-refractivity contribution in [3.63, 3.8) is 0 Å². The summed E-state index contributed by atoms with van der Waals surface area (Å²) in [5, 5.41) is 0. The second kappa shape index (κ2) is 5.10. The summed E-state index contributed by atoms with van der Waals surface area (Å²) in [6, 6.07) is 3.45. The molecule has 94 valence electrons. The van der Waals surface area contributed by atoms with Crippen LogP contribution in [0, 0.1) is 11.6 Å². The smallest absolute Gasteiger partial charge is 0.130 e. The molecule has 1 saturated heterocycles. The Kier molecular flexibility index (Phi) is 3.74. The van der Waals surface area contributed by atoms with E-state index in [0.717, 1.165) is 25.9 Å². The number of rotatable bonds is 2. The molecule has 1 aromatic rings. The molecule has 0 bridgehead atoms. The Hall–Kier alpha value is -1.00. The number of likely N-dealkylation sites (tertiary alicyclic amines) is 1. The zero-order valence-electron chi connectivity index (χ0n) is 10.00. The number of piperidine rings is 1. The van der Waals surface area contributed by atoms with Gasteiger partial charge in [0.2, 0.25) is 0 Å². The molecule has 2 nitrogen and oxygen atoms in total. The third-order valence-corrected chi connectivity index (χ3v) is 3.48. The van der Waals surface area contributed by atoms with E-state index in [1.54, 1.807) is 0 Å². The molecular formula is C13H18F2N2. The van der Waals surface area contributed by atoms with E-state index in [2.05, 4.69) is 4.90 Å². The molecule has 1 aromatic carbocycles. The fourth-order valence-electron chi connectivity index (χ4n) is 2.64. The minimum atomic E-state index is -0.495.